The number of anilines is 3. The molecule has 4 aromatic rings. The zero-order valence-electron chi connectivity index (χ0n) is 28.9. The van der Waals surface area contributed by atoms with E-state index >= 15 is 4.39 Å². The summed E-state index contributed by atoms with van der Waals surface area (Å²) >= 11 is 0. The first kappa shape index (κ1) is 33.3. The number of rotatable bonds is 5. The van der Waals surface area contributed by atoms with Crippen molar-refractivity contribution < 1.29 is 23.5 Å². The Balaban J connectivity index is 1.23. The van der Waals surface area contributed by atoms with Crippen LogP contribution in [0.1, 0.15) is 68.9 Å². The summed E-state index contributed by atoms with van der Waals surface area (Å²) < 4.78 is 23.4. The third-order valence-corrected chi connectivity index (χ3v) is 9.59. The number of para-hydroxylation sites is 2. The van der Waals surface area contributed by atoms with Gasteiger partial charge in [0.25, 0.3) is 5.91 Å². The number of benzene rings is 3. The Bertz CT molecular complexity index is 2030. The first-order chi connectivity index (χ1) is 23.9. The number of hydrogen-bond donors (Lipinski definition) is 0. The van der Waals surface area contributed by atoms with Crippen LogP contribution in [0.4, 0.5) is 26.2 Å². The number of halogens is 1. The fourth-order valence-corrected chi connectivity index (χ4v) is 6.97. The largest absolute Gasteiger partial charge is 0.444 e. The van der Waals surface area contributed by atoms with E-state index in [1.807, 2.05) is 85.7 Å². The molecule has 0 spiro atoms. The fraction of sp³-hybridized carbons (Fsp3) is 0.385. The van der Waals surface area contributed by atoms with E-state index in [4.69, 9.17) is 4.74 Å². The van der Waals surface area contributed by atoms with Gasteiger partial charge in [-0.15, -0.1) is 0 Å². The number of aromatic nitrogens is 1. The maximum atomic E-state index is 15.9. The van der Waals surface area contributed by atoms with Gasteiger partial charge in [0, 0.05) is 56.3 Å². The molecule has 3 aromatic carbocycles. The third-order valence-electron chi connectivity index (χ3n) is 9.59. The van der Waals surface area contributed by atoms with Gasteiger partial charge in [0.1, 0.15) is 17.0 Å². The van der Waals surface area contributed by atoms with Gasteiger partial charge in [-0.3, -0.25) is 14.4 Å². The van der Waals surface area contributed by atoms with Crippen LogP contribution < -0.4 is 20.1 Å². The van der Waals surface area contributed by atoms with Gasteiger partial charge in [0.2, 0.25) is 11.3 Å². The Morgan fingerprint density at radius 3 is 2.20 bits per heavy atom. The molecule has 2 fully saturated rings. The van der Waals surface area contributed by atoms with Crippen molar-refractivity contribution in [2.45, 2.75) is 71.2 Å². The molecule has 1 atom stereocenters. The molecular formula is C39H42FN5O5. The van der Waals surface area contributed by atoms with Crippen molar-refractivity contribution in [2.24, 2.45) is 0 Å². The lowest BCUT2D eigenvalue weighted by atomic mass is 10.1. The number of pyridine rings is 1. The summed E-state index contributed by atoms with van der Waals surface area (Å²) in [6, 6.07) is 19.4. The minimum absolute atomic E-state index is 0.0619. The van der Waals surface area contributed by atoms with Gasteiger partial charge in [-0.2, -0.15) is 0 Å². The molecule has 1 aromatic heterocycles. The van der Waals surface area contributed by atoms with Gasteiger partial charge in [-0.05, 0) is 70.4 Å². The molecule has 1 saturated carbocycles. The van der Waals surface area contributed by atoms with Crippen molar-refractivity contribution in [1.82, 2.24) is 9.47 Å². The Morgan fingerprint density at radius 2 is 1.54 bits per heavy atom. The van der Waals surface area contributed by atoms with Crippen LogP contribution in [0, 0.1) is 5.82 Å². The van der Waals surface area contributed by atoms with Gasteiger partial charge in [0.15, 0.2) is 0 Å². The van der Waals surface area contributed by atoms with Crippen LogP contribution in [0.2, 0.25) is 0 Å². The van der Waals surface area contributed by atoms with Crippen molar-refractivity contribution in [1.29, 1.82) is 0 Å². The lowest BCUT2D eigenvalue weighted by Gasteiger charge is -2.37. The molecule has 0 N–H and O–H groups in total. The Kier molecular flexibility index (Phi) is 8.61. The van der Waals surface area contributed by atoms with E-state index in [2.05, 4.69) is 0 Å². The smallest absolute Gasteiger partial charge is 0.410 e. The SMILES string of the molecule is CC1CC(=O)N(Cc2ccccc2)c2ccccc2N1C(=O)c1cn(C2CC2)c2cc(N3CCN(C(=O)OC(C)(C)C)CC3)c(F)cc2c1=O. The number of nitrogens with zero attached hydrogens (tertiary/aromatic N) is 5. The summed E-state index contributed by atoms with van der Waals surface area (Å²) in [5, 5.41) is 0.133. The monoisotopic (exact) mass is 679 g/mol. The summed E-state index contributed by atoms with van der Waals surface area (Å²) in [6.07, 6.45) is 3.04. The van der Waals surface area contributed by atoms with E-state index in [9.17, 15) is 19.2 Å². The summed E-state index contributed by atoms with van der Waals surface area (Å²) in [4.78, 5) is 61.7. The number of amides is 3. The van der Waals surface area contributed by atoms with Crippen molar-refractivity contribution in [3.63, 3.8) is 0 Å². The molecule has 3 aliphatic rings. The van der Waals surface area contributed by atoms with Crippen LogP contribution in [-0.2, 0) is 16.1 Å². The molecule has 0 radical (unpaired) electrons. The molecule has 0 bridgehead atoms. The second kappa shape index (κ2) is 12.9. The Labute approximate surface area is 290 Å². The zero-order valence-corrected chi connectivity index (χ0v) is 28.9. The number of carbonyl (C=O) groups is 3. The van der Waals surface area contributed by atoms with E-state index in [-0.39, 0.29) is 29.3 Å². The van der Waals surface area contributed by atoms with Crippen LogP contribution in [0.25, 0.3) is 10.9 Å². The molecule has 260 valence electrons. The number of fused-ring (bicyclic) bond motifs is 2. The van der Waals surface area contributed by atoms with Crippen LogP contribution >= 0.6 is 0 Å². The minimum atomic E-state index is -0.611. The average Bonchev–Trinajstić information content (AvgIpc) is 3.94. The highest BCUT2D eigenvalue weighted by Gasteiger charge is 2.37. The van der Waals surface area contributed by atoms with E-state index in [0.717, 1.165) is 18.4 Å². The quantitative estimate of drug-likeness (QED) is 0.239. The van der Waals surface area contributed by atoms with E-state index in [0.29, 0.717) is 55.3 Å². The van der Waals surface area contributed by atoms with Crippen LogP contribution in [0.3, 0.4) is 0 Å². The number of piperazine rings is 1. The first-order valence-electron chi connectivity index (χ1n) is 17.3. The predicted octanol–water partition coefficient (Wildman–Crippen LogP) is 6.50. The highest BCUT2D eigenvalue weighted by molar-refractivity contribution is 6.12. The van der Waals surface area contributed by atoms with Crippen molar-refractivity contribution in [3.05, 3.63) is 100 Å². The highest BCUT2D eigenvalue weighted by Crippen LogP contribution is 2.40. The number of carbonyl (C=O) groups excluding carboxylic acids is 3. The normalized spacial score (nSPS) is 18.3. The van der Waals surface area contributed by atoms with Gasteiger partial charge in [-0.25, -0.2) is 9.18 Å². The van der Waals surface area contributed by atoms with Crippen molar-refractivity contribution in [3.8, 4) is 0 Å². The van der Waals surface area contributed by atoms with Gasteiger partial charge in [0.05, 0.1) is 29.1 Å². The van der Waals surface area contributed by atoms with E-state index in [1.165, 1.54) is 6.07 Å². The number of hydrogen-bond acceptors (Lipinski definition) is 6. The van der Waals surface area contributed by atoms with Crippen molar-refractivity contribution >= 4 is 45.9 Å². The molecule has 50 heavy (non-hydrogen) atoms. The first-order valence-corrected chi connectivity index (χ1v) is 17.3. The zero-order chi connectivity index (χ0) is 35.3. The molecule has 10 nitrogen and oxygen atoms in total. The topological polar surface area (TPSA) is 95.4 Å². The molecule has 3 amide bonds. The van der Waals surface area contributed by atoms with Crippen LogP contribution in [0.15, 0.2) is 77.7 Å². The second-order valence-corrected chi connectivity index (χ2v) is 14.5. The van der Waals surface area contributed by atoms with Gasteiger partial charge >= 0.3 is 6.09 Å². The predicted molar refractivity (Wildman–Crippen MR) is 191 cm³/mol. The minimum Gasteiger partial charge on any atom is -0.444 e. The molecule has 7 rings (SSSR count). The Hall–Kier alpha value is -5.19. The third kappa shape index (κ3) is 6.44. The molecule has 2 aliphatic heterocycles. The highest BCUT2D eigenvalue weighted by atomic mass is 19.1. The van der Waals surface area contributed by atoms with Crippen molar-refractivity contribution in [2.75, 3.05) is 40.9 Å². The van der Waals surface area contributed by atoms with Gasteiger partial charge < -0.3 is 28.9 Å². The molecule has 1 saturated heterocycles. The molecule has 1 unspecified atom stereocenters. The summed E-state index contributed by atoms with van der Waals surface area (Å²) in [6.45, 7) is 9.15. The molecule has 11 heteroatoms. The van der Waals surface area contributed by atoms with Gasteiger partial charge in [-0.1, -0.05) is 42.5 Å². The lowest BCUT2D eigenvalue weighted by molar-refractivity contribution is -0.118. The average molecular weight is 680 g/mol. The van der Waals surface area contributed by atoms with Crippen LogP contribution in [-0.4, -0.2) is 65.2 Å². The standard InChI is InChI=1S/C39H42FN5O5/c1-25-20-35(46)44(23-26-10-6-5-7-11-26)31-12-8-9-13-32(31)45(25)37(48)29-24-43(27-14-15-27)33-22-34(30(40)21-28(33)36(29)47)41-16-18-42(19-17-41)38(49)50-39(2,3)4/h5-13,21-22,24-25,27H,14-20,23H2,1-4H3. The lowest BCUT2D eigenvalue weighted by Crippen LogP contribution is -2.50. The number of ether oxygens (including phenoxy) is 1. The molecular weight excluding hydrogens is 637 g/mol. The van der Waals surface area contributed by atoms with E-state index in [1.54, 1.807) is 33.0 Å². The molecule has 1 aliphatic carbocycles. The Morgan fingerprint density at radius 1 is 0.880 bits per heavy atom. The van der Waals surface area contributed by atoms with Crippen LogP contribution in [0.5, 0.6) is 0 Å². The summed E-state index contributed by atoms with van der Waals surface area (Å²) in [5.74, 6) is -1.22. The second-order valence-electron chi connectivity index (χ2n) is 14.5. The summed E-state index contributed by atoms with van der Waals surface area (Å²) in [5.41, 5.74) is 1.77. The summed E-state index contributed by atoms with van der Waals surface area (Å²) in [7, 11) is 0. The van der Waals surface area contributed by atoms with E-state index < -0.39 is 34.9 Å². The fourth-order valence-electron chi connectivity index (χ4n) is 6.97. The molecule has 3 heterocycles. The maximum Gasteiger partial charge on any atom is 0.410 e. The maximum absolute atomic E-state index is 15.9.